The highest BCUT2D eigenvalue weighted by Crippen LogP contribution is 2.23. The van der Waals surface area contributed by atoms with E-state index < -0.39 is 11.6 Å². The van der Waals surface area contributed by atoms with Gasteiger partial charge in [0.1, 0.15) is 6.26 Å². The Hall–Kier alpha value is -2.21. The fourth-order valence-corrected chi connectivity index (χ4v) is 2.86. The molecule has 1 aromatic heterocycles. The Morgan fingerprint density at radius 1 is 1.13 bits per heavy atom. The van der Waals surface area contributed by atoms with Gasteiger partial charge in [-0.2, -0.15) is 0 Å². The van der Waals surface area contributed by atoms with E-state index in [0.29, 0.717) is 31.7 Å². The van der Waals surface area contributed by atoms with E-state index in [1.165, 1.54) is 18.6 Å². The van der Waals surface area contributed by atoms with E-state index in [2.05, 4.69) is 4.90 Å². The van der Waals surface area contributed by atoms with Gasteiger partial charge >= 0.3 is 0 Å². The molecule has 0 radical (unpaired) electrons. The van der Waals surface area contributed by atoms with E-state index in [9.17, 15) is 13.6 Å². The molecule has 6 heteroatoms. The Labute approximate surface area is 133 Å². The smallest absolute Gasteiger partial charge is 0.257 e. The van der Waals surface area contributed by atoms with Gasteiger partial charge in [-0.05, 0) is 30.7 Å². The summed E-state index contributed by atoms with van der Waals surface area (Å²) in [5.41, 5.74) is 1.28. The van der Waals surface area contributed by atoms with Crippen LogP contribution < -0.4 is 0 Å². The van der Waals surface area contributed by atoms with Gasteiger partial charge in [0.05, 0.1) is 11.8 Å². The highest BCUT2D eigenvalue weighted by Gasteiger charge is 2.26. The number of furan rings is 1. The average molecular weight is 320 g/mol. The lowest BCUT2D eigenvalue weighted by Crippen LogP contribution is -2.49. The van der Waals surface area contributed by atoms with Crippen molar-refractivity contribution in [3.63, 3.8) is 0 Å². The van der Waals surface area contributed by atoms with Crippen molar-refractivity contribution in [2.45, 2.75) is 13.0 Å². The average Bonchev–Trinajstić information content (AvgIpc) is 3.11. The topological polar surface area (TPSA) is 36.7 Å². The maximum atomic E-state index is 13.4. The molecular weight excluding hydrogens is 302 g/mol. The summed E-state index contributed by atoms with van der Waals surface area (Å²) in [5, 5.41) is 0. The molecule has 0 aliphatic carbocycles. The quantitative estimate of drug-likeness (QED) is 0.872. The normalized spacial score (nSPS) is 17.3. The van der Waals surface area contributed by atoms with Crippen LogP contribution >= 0.6 is 0 Å². The number of carbonyl (C=O) groups is 1. The minimum Gasteiger partial charge on any atom is -0.472 e. The van der Waals surface area contributed by atoms with Gasteiger partial charge in [-0.3, -0.25) is 9.69 Å². The summed E-state index contributed by atoms with van der Waals surface area (Å²) in [6.07, 6.45) is 2.92. The molecule has 3 rings (SSSR count). The standard InChI is InChI=1S/C17H18F2N2O2/c1-12(13-2-3-15(18)16(19)10-13)20-5-7-21(8-6-20)17(22)14-4-9-23-11-14/h2-4,9-12H,5-8H2,1H3/t12-/m0/s1. The van der Waals surface area contributed by atoms with Gasteiger partial charge in [0.15, 0.2) is 11.6 Å². The Morgan fingerprint density at radius 3 is 2.48 bits per heavy atom. The SMILES string of the molecule is C[C@@H](c1ccc(F)c(F)c1)N1CCN(C(=O)c2ccoc2)CC1. The third-order valence-corrected chi connectivity index (χ3v) is 4.34. The van der Waals surface area contributed by atoms with Crippen LogP contribution in [0, 0.1) is 11.6 Å². The largest absolute Gasteiger partial charge is 0.472 e. The number of piperazine rings is 1. The number of rotatable bonds is 3. The fraction of sp³-hybridized carbons (Fsp3) is 0.353. The number of halogens is 2. The number of hydrogen-bond donors (Lipinski definition) is 0. The highest BCUT2D eigenvalue weighted by molar-refractivity contribution is 5.93. The number of carbonyl (C=O) groups excluding carboxylic acids is 1. The van der Waals surface area contributed by atoms with Gasteiger partial charge in [0.25, 0.3) is 5.91 Å². The second kappa shape index (κ2) is 6.50. The minimum atomic E-state index is -0.837. The van der Waals surface area contributed by atoms with Crippen molar-refractivity contribution in [1.29, 1.82) is 0 Å². The van der Waals surface area contributed by atoms with Crippen LogP contribution in [0.25, 0.3) is 0 Å². The van der Waals surface area contributed by atoms with Crippen LogP contribution in [0.2, 0.25) is 0 Å². The third kappa shape index (κ3) is 3.27. The summed E-state index contributed by atoms with van der Waals surface area (Å²) in [6, 6.07) is 5.62. The van der Waals surface area contributed by atoms with Gasteiger partial charge in [-0.15, -0.1) is 0 Å². The van der Waals surface area contributed by atoms with Crippen LogP contribution in [0.4, 0.5) is 8.78 Å². The van der Waals surface area contributed by atoms with Gasteiger partial charge in [-0.25, -0.2) is 8.78 Å². The second-order valence-electron chi connectivity index (χ2n) is 5.69. The maximum absolute atomic E-state index is 13.4. The molecule has 0 unspecified atom stereocenters. The molecule has 1 aromatic carbocycles. The zero-order valence-corrected chi connectivity index (χ0v) is 12.8. The van der Waals surface area contributed by atoms with Gasteiger partial charge in [-0.1, -0.05) is 6.07 Å². The van der Waals surface area contributed by atoms with E-state index in [0.717, 1.165) is 11.6 Å². The van der Waals surface area contributed by atoms with Crippen molar-refractivity contribution in [2.75, 3.05) is 26.2 Å². The summed E-state index contributed by atoms with van der Waals surface area (Å²) < 4.78 is 31.4. The van der Waals surface area contributed by atoms with Crippen LogP contribution in [0.1, 0.15) is 28.9 Å². The number of hydrogen-bond acceptors (Lipinski definition) is 3. The van der Waals surface area contributed by atoms with Gasteiger partial charge in [0.2, 0.25) is 0 Å². The molecule has 23 heavy (non-hydrogen) atoms. The van der Waals surface area contributed by atoms with Crippen LogP contribution in [0.5, 0.6) is 0 Å². The first kappa shape index (κ1) is 15.7. The Morgan fingerprint density at radius 2 is 1.87 bits per heavy atom. The molecular formula is C17H18F2N2O2. The summed E-state index contributed by atoms with van der Waals surface area (Å²) in [4.78, 5) is 16.2. The Balaban J connectivity index is 1.62. The van der Waals surface area contributed by atoms with Crippen LogP contribution in [0.3, 0.4) is 0 Å². The van der Waals surface area contributed by atoms with Gasteiger partial charge in [0, 0.05) is 32.2 Å². The van der Waals surface area contributed by atoms with E-state index >= 15 is 0 Å². The number of amides is 1. The molecule has 1 aliphatic rings. The number of nitrogens with zero attached hydrogens (tertiary/aromatic N) is 2. The molecule has 1 saturated heterocycles. The van der Waals surface area contributed by atoms with Crippen molar-refractivity contribution < 1.29 is 18.0 Å². The van der Waals surface area contributed by atoms with Crippen molar-refractivity contribution in [3.8, 4) is 0 Å². The first-order valence-electron chi connectivity index (χ1n) is 7.56. The van der Waals surface area contributed by atoms with Crippen molar-refractivity contribution >= 4 is 5.91 Å². The van der Waals surface area contributed by atoms with Crippen molar-refractivity contribution in [3.05, 3.63) is 59.6 Å². The van der Waals surface area contributed by atoms with E-state index in [1.54, 1.807) is 17.0 Å². The molecule has 122 valence electrons. The third-order valence-electron chi connectivity index (χ3n) is 4.34. The molecule has 0 N–H and O–H groups in total. The zero-order valence-electron chi connectivity index (χ0n) is 12.8. The molecule has 2 heterocycles. The predicted molar refractivity (Wildman–Crippen MR) is 81.0 cm³/mol. The number of benzene rings is 1. The first-order valence-corrected chi connectivity index (χ1v) is 7.56. The molecule has 1 amide bonds. The summed E-state index contributed by atoms with van der Waals surface area (Å²) in [6.45, 7) is 4.52. The molecule has 1 atom stereocenters. The molecule has 0 spiro atoms. The molecule has 4 nitrogen and oxygen atoms in total. The van der Waals surface area contributed by atoms with Crippen LogP contribution in [-0.4, -0.2) is 41.9 Å². The van der Waals surface area contributed by atoms with Crippen molar-refractivity contribution in [1.82, 2.24) is 9.80 Å². The lowest BCUT2D eigenvalue weighted by molar-refractivity contribution is 0.0581. The molecule has 1 aliphatic heterocycles. The molecule has 2 aromatic rings. The first-order chi connectivity index (χ1) is 11.1. The monoisotopic (exact) mass is 320 g/mol. The Kier molecular flexibility index (Phi) is 4.43. The fourth-order valence-electron chi connectivity index (χ4n) is 2.86. The zero-order chi connectivity index (χ0) is 16.4. The van der Waals surface area contributed by atoms with E-state index in [-0.39, 0.29) is 11.9 Å². The minimum absolute atomic E-state index is 0.0312. The second-order valence-corrected chi connectivity index (χ2v) is 5.69. The molecule has 0 bridgehead atoms. The van der Waals surface area contributed by atoms with E-state index in [1.807, 2.05) is 6.92 Å². The van der Waals surface area contributed by atoms with E-state index in [4.69, 9.17) is 4.42 Å². The van der Waals surface area contributed by atoms with Crippen molar-refractivity contribution in [2.24, 2.45) is 0 Å². The Bertz CT molecular complexity index is 680. The molecule has 0 saturated carbocycles. The lowest BCUT2D eigenvalue weighted by Gasteiger charge is -2.38. The van der Waals surface area contributed by atoms with Crippen LogP contribution in [-0.2, 0) is 0 Å². The van der Waals surface area contributed by atoms with Crippen LogP contribution in [0.15, 0.2) is 41.2 Å². The predicted octanol–water partition coefficient (Wildman–Crippen LogP) is 3.08. The summed E-state index contributed by atoms with van der Waals surface area (Å²) in [7, 11) is 0. The highest BCUT2D eigenvalue weighted by atomic mass is 19.2. The molecule has 1 fully saturated rings. The maximum Gasteiger partial charge on any atom is 0.257 e. The van der Waals surface area contributed by atoms with Gasteiger partial charge < -0.3 is 9.32 Å². The summed E-state index contributed by atoms with van der Waals surface area (Å²) in [5.74, 6) is -1.71. The lowest BCUT2D eigenvalue weighted by atomic mass is 10.1. The summed E-state index contributed by atoms with van der Waals surface area (Å²) >= 11 is 0.